The average molecular weight is 297 g/mol. The molecular weight excluding hydrogens is 278 g/mol. The number of aromatic nitrogens is 2. The van der Waals surface area contributed by atoms with Crippen molar-refractivity contribution in [3.63, 3.8) is 0 Å². The zero-order chi connectivity index (χ0) is 14.7. The topological polar surface area (TPSA) is 29.9 Å². The molecule has 0 fully saturated rings. The zero-order valence-electron chi connectivity index (χ0n) is 12.3. The van der Waals surface area contributed by atoms with Crippen molar-refractivity contribution in [1.29, 1.82) is 0 Å². The summed E-state index contributed by atoms with van der Waals surface area (Å²) in [4.78, 5) is 0. The van der Waals surface area contributed by atoms with E-state index in [1.54, 1.807) is 11.3 Å². The average Bonchev–Trinajstić information content (AvgIpc) is 3.15. The largest absolute Gasteiger partial charge is 0.306 e. The highest BCUT2D eigenvalue weighted by Crippen LogP contribution is 2.27. The molecule has 3 rings (SSSR count). The molecule has 2 heterocycles. The van der Waals surface area contributed by atoms with E-state index < -0.39 is 0 Å². The van der Waals surface area contributed by atoms with Gasteiger partial charge < -0.3 is 5.32 Å². The van der Waals surface area contributed by atoms with E-state index in [-0.39, 0.29) is 6.04 Å². The summed E-state index contributed by atoms with van der Waals surface area (Å²) >= 11 is 1.75. The van der Waals surface area contributed by atoms with Gasteiger partial charge in [0.25, 0.3) is 0 Å². The van der Waals surface area contributed by atoms with Gasteiger partial charge in [-0.1, -0.05) is 25.1 Å². The van der Waals surface area contributed by atoms with Gasteiger partial charge in [-0.05, 0) is 47.5 Å². The predicted molar refractivity (Wildman–Crippen MR) is 88.1 cm³/mol. The van der Waals surface area contributed by atoms with Crippen LogP contribution in [0.1, 0.15) is 29.7 Å². The van der Waals surface area contributed by atoms with Gasteiger partial charge >= 0.3 is 0 Å². The highest BCUT2D eigenvalue weighted by molar-refractivity contribution is 7.08. The molecule has 0 saturated heterocycles. The summed E-state index contributed by atoms with van der Waals surface area (Å²) in [5.41, 5.74) is 4.95. The molecule has 0 saturated carbocycles. The molecule has 1 N–H and O–H groups in total. The van der Waals surface area contributed by atoms with Crippen LogP contribution in [0.5, 0.6) is 0 Å². The van der Waals surface area contributed by atoms with Crippen LogP contribution in [0.3, 0.4) is 0 Å². The van der Waals surface area contributed by atoms with Crippen molar-refractivity contribution >= 4 is 11.3 Å². The summed E-state index contributed by atoms with van der Waals surface area (Å²) in [6.07, 6.45) is 4.07. The summed E-state index contributed by atoms with van der Waals surface area (Å²) in [6.45, 7) is 5.23. The number of hydrogen-bond acceptors (Lipinski definition) is 3. The van der Waals surface area contributed by atoms with Gasteiger partial charge in [0.2, 0.25) is 0 Å². The first kappa shape index (κ1) is 14.0. The van der Waals surface area contributed by atoms with Crippen molar-refractivity contribution in [3.05, 3.63) is 70.2 Å². The lowest BCUT2D eigenvalue weighted by atomic mass is 10.0. The zero-order valence-corrected chi connectivity index (χ0v) is 13.1. The normalized spacial score (nSPS) is 12.5. The number of aryl methyl sites for hydroxylation is 1. The van der Waals surface area contributed by atoms with Gasteiger partial charge in [-0.25, -0.2) is 4.68 Å². The first-order chi connectivity index (χ1) is 10.3. The highest BCUT2D eigenvalue weighted by atomic mass is 32.1. The Hall–Kier alpha value is -1.91. The van der Waals surface area contributed by atoms with Crippen LogP contribution in [0.25, 0.3) is 5.69 Å². The minimum Gasteiger partial charge on any atom is -0.306 e. The molecule has 4 heteroatoms. The summed E-state index contributed by atoms with van der Waals surface area (Å²) in [5.74, 6) is 0. The van der Waals surface area contributed by atoms with E-state index >= 15 is 0 Å². The minimum atomic E-state index is 0.207. The maximum Gasteiger partial charge on any atom is 0.0645 e. The van der Waals surface area contributed by atoms with Gasteiger partial charge in [0, 0.05) is 11.8 Å². The summed E-state index contributed by atoms with van der Waals surface area (Å²) in [6, 6.07) is 10.4. The van der Waals surface area contributed by atoms with E-state index in [0.717, 1.165) is 12.2 Å². The first-order valence-corrected chi connectivity index (χ1v) is 8.10. The third-order valence-corrected chi connectivity index (χ3v) is 4.45. The van der Waals surface area contributed by atoms with Gasteiger partial charge in [-0.15, -0.1) is 0 Å². The molecular formula is C17H19N3S. The molecule has 1 aromatic carbocycles. The van der Waals surface area contributed by atoms with Crippen molar-refractivity contribution in [2.45, 2.75) is 19.9 Å². The Balaban J connectivity index is 1.95. The van der Waals surface area contributed by atoms with Crippen LogP contribution >= 0.6 is 11.3 Å². The van der Waals surface area contributed by atoms with Crippen molar-refractivity contribution in [1.82, 2.24) is 15.1 Å². The molecule has 108 valence electrons. The fourth-order valence-corrected chi connectivity index (χ4v) is 3.36. The molecule has 0 amide bonds. The molecule has 1 unspecified atom stereocenters. The Kier molecular flexibility index (Phi) is 4.18. The van der Waals surface area contributed by atoms with Crippen LogP contribution in [-0.2, 0) is 0 Å². The number of benzene rings is 1. The van der Waals surface area contributed by atoms with Crippen molar-refractivity contribution < 1.29 is 0 Å². The van der Waals surface area contributed by atoms with E-state index in [9.17, 15) is 0 Å². The van der Waals surface area contributed by atoms with Crippen molar-refractivity contribution in [2.75, 3.05) is 6.54 Å². The monoisotopic (exact) mass is 297 g/mol. The molecule has 2 aromatic heterocycles. The second-order valence-electron chi connectivity index (χ2n) is 5.05. The molecule has 3 nitrogen and oxygen atoms in total. The van der Waals surface area contributed by atoms with Crippen LogP contribution in [0.4, 0.5) is 0 Å². The summed E-state index contributed by atoms with van der Waals surface area (Å²) in [5, 5.41) is 12.5. The third-order valence-electron chi connectivity index (χ3n) is 3.57. The number of thiophene rings is 1. The summed E-state index contributed by atoms with van der Waals surface area (Å²) in [7, 11) is 0. The van der Waals surface area contributed by atoms with Crippen LogP contribution in [0.15, 0.2) is 53.5 Å². The lowest BCUT2D eigenvalue weighted by Gasteiger charge is -2.16. The standard InChI is InChI=1S/C17H19N3S/c1-3-18-17(16-12-21-11-13(16)2)14-9-19-20(10-14)15-7-5-4-6-8-15/h4-12,17-18H,3H2,1-2H3. The second-order valence-corrected chi connectivity index (χ2v) is 5.80. The maximum absolute atomic E-state index is 4.51. The van der Waals surface area contributed by atoms with Crippen LogP contribution in [0, 0.1) is 6.92 Å². The molecule has 0 radical (unpaired) electrons. The molecule has 3 aromatic rings. The predicted octanol–water partition coefficient (Wildman–Crippen LogP) is 3.94. The molecule has 0 aliphatic rings. The quantitative estimate of drug-likeness (QED) is 0.773. The van der Waals surface area contributed by atoms with E-state index in [1.807, 2.05) is 29.1 Å². The van der Waals surface area contributed by atoms with Gasteiger partial charge in [0.05, 0.1) is 17.9 Å². The Morgan fingerprint density at radius 2 is 2.05 bits per heavy atom. The lowest BCUT2D eigenvalue weighted by Crippen LogP contribution is -2.21. The van der Waals surface area contributed by atoms with Gasteiger partial charge in [0.1, 0.15) is 0 Å². The van der Waals surface area contributed by atoms with Crippen LogP contribution in [0.2, 0.25) is 0 Å². The highest BCUT2D eigenvalue weighted by Gasteiger charge is 2.17. The Morgan fingerprint density at radius 1 is 1.24 bits per heavy atom. The maximum atomic E-state index is 4.51. The number of rotatable bonds is 5. The molecule has 0 aliphatic carbocycles. The number of nitrogens with zero attached hydrogens (tertiary/aromatic N) is 2. The molecule has 0 aliphatic heterocycles. The fourth-order valence-electron chi connectivity index (χ4n) is 2.49. The number of para-hydroxylation sites is 1. The Morgan fingerprint density at radius 3 is 2.71 bits per heavy atom. The SMILES string of the molecule is CCNC(c1cnn(-c2ccccc2)c1)c1cscc1C. The molecule has 0 spiro atoms. The minimum absolute atomic E-state index is 0.207. The van der Waals surface area contributed by atoms with Gasteiger partial charge in [-0.3, -0.25) is 0 Å². The van der Waals surface area contributed by atoms with E-state index in [0.29, 0.717) is 0 Å². The number of nitrogens with one attached hydrogen (secondary N) is 1. The van der Waals surface area contributed by atoms with Crippen molar-refractivity contribution in [2.24, 2.45) is 0 Å². The smallest absolute Gasteiger partial charge is 0.0645 e. The summed E-state index contributed by atoms with van der Waals surface area (Å²) < 4.78 is 1.93. The van der Waals surface area contributed by atoms with Crippen LogP contribution in [-0.4, -0.2) is 16.3 Å². The van der Waals surface area contributed by atoms with Crippen molar-refractivity contribution in [3.8, 4) is 5.69 Å². The Bertz CT molecular complexity index is 700. The van der Waals surface area contributed by atoms with Gasteiger partial charge in [-0.2, -0.15) is 16.4 Å². The second kappa shape index (κ2) is 6.24. The van der Waals surface area contributed by atoms with E-state index in [2.05, 4.69) is 53.4 Å². The molecule has 1 atom stereocenters. The van der Waals surface area contributed by atoms with Crippen LogP contribution < -0.4 is 5.32 Å². The fraction of sp³-hybridized carbons (Fsp3) is 0.235. The molecule has 21 heavy (non-hydrogen) atoms. The lowest BCUT2D eigenvalue weighted by molar-refractivity contribution is 0.629. The van der Waals surface area contributed by atoms with E-state index in [1.165, 1.54) is 16.7 Å². The first-order valence-electron chi connectivity index (χ1n) is 7.15. The van der Waals surface area contributed by atoms with E-state index in [4.69, 9.17) is 0 Å². The Labute approximate surface area is 129 Å². The van der Waals surface area contributed by atoms with Gasteiger partial charge in [0.15, 0.2) is 0 Å². The number of hydrogen-bond donors (Lipinski definition) is 1. The molecule has 0 bridgehead atoms. The third kappa shape index (κ3) is 2.91.